The van der Waals surface area contributed by atoms with E-state index in [0.29, 0.717) is 0 Å². The van der Waals surface area contributed by atoms with Crippen LogP contribution in [-0.4, -0.2) is 17.7 Å². The molecule has 3 aliphatic heterocycles. The van der Waals surface area contributed by atoms with Crippen LogP contribution >= 0.6 is 6.04 Å². The smallest absolute Gasteiger partial charge is 0.194 e. The molecule has 2 bridgehead atoms. The van der Waals surface area contributed by atoms with Crippen molar-refractivity contribution in [2.45, 2.75) is 37.6 Å². The molecule has 0 aliphatic carbocycles. The quantitative estimate of drug-likeness (QED) is 0.233. The Morgan fingerprint density at radius 1 is 0.744 bits per heavy atom. The predicted molar refractivity (Wildman–Crippen MR) is 166 cm³/mol. The van der Waals surface area contributed by atoms with Crippen molar-refractivity contribution in [1.82, 2.24) is 0 Å². The highest BCUT2D eigenvalue weighted by Crippen LogP contribution is 2.83. The Kier molecular flexibility index (Phi) is 5.99. The van der Waals surface area contributed by atoms with Crippen molar-refractivity contribution in [1.29, 1.82) is 0 Å². The first-order valence-corrected chi connectivity index (χ1v) is 16.8. The molecule has 4 aromatic carbocycles. The van der Waals surface area contributed by atoms with Crippen molar-refractivity contribution in [3.05, 3.63) is 149 Å². The number of hydrogen-bond donors (Lipinski definition) is 0. The third kappa shape index (κ3) is 3.82. The van der Waals surface area contributed by atoms with E-state index in [1.54, 1.807) is 0 Å². The summed E-state index contributed by atoms with van der Waals surface area (Å²) < 4.78 is 7.02. The van der Waals surface area contributed by atoms with Gasteiger partial charge in [-0.05, 0) is 46.7 Å². The zero-order valence-corrected chi connectivity index (χ0v) is 24.0. The highest BCUT2D eigenvalue weighted by atomic mass is 32.4. The third-order valence-corrected chi connectivity index (χ3v) is 14.6. The molecule has 0 spiro atoms. The highest BCUT2D eigenvalue weighted by Gasteiger charge is 2.65. The van der Waals surface area contributed by atoms with Crippen LogP contribution in [0.25, 0.3) is 5.31 Å². The van der Waals surface area contributed by atoms with Crippen molar-refractivity contribution in [3.63, 3.8) is 0 Å². The summed E-state index contributed by atoms with van der Waals surface area (Å²) in [5.74, 6) is 1.10. The first-order chi connectivity index (χ1) is 19.0. The fourth-order valence-electron chi connectivity index (χ4n) is 7.33. The molecule has 0 saturated carbocycles. The van der Waals surface area contributed by atoms with Gasteiger partial charge in [0.05, 0.1) is 5.66 Å². The molecule has 3 aliphatic rings. The molecule has 0 aromatic heterocycles. The zero-order valence-electron chi connectivity index (χ0n) is 22.3. The predicted octanol–water partition coefficient (Wildman–Crippen LogP) is 8.99. The molecule has 0 radical (unpaired) electrons. The fourth-order valence-corrected chi connectivity index (χ4v) is 14.4. The summed E-state index contributed by atoms with van der Waals surface area (Å²) in [4.78, 5) is 5.46. The minimum Gasteiger partial charge on any atom is -0.470 e. The minimum atomic E-state index is -2.09. The Morgan fingerprint density at radius 2 is 1.26 bits per heavy atom. The first-order valence-electron chi connectivity index (χ1n) is 13.8. The van der Waals surface area contributed by atoms with Crippen molar-refractivity contribution in [3.8, 4) is 0 Å². The standard InChI is InChI=1S/C35H32NOPS/c1-24-32(28-21-13-6-14-22-28)38(39)23-35(24,2)29(25-15-7-3-8-16-25)33(38)34-36-30(26-17-9-4-10-18-26)31(37-34)27-19-11-5-12-20-27/h3-22,29-31,33H,23H2,1-2H3/t29-,30-,31-,33-,35-,38+/m0/s1. The van der Waals surface area contributed by atoms with Gasteiger partial charge in [-0.2, -0.15) is 0 Å². The van der Waals surface area contributed by atoms with Crippen LogP contribution in [0.15, 0.2) is 132 Å². The van der Waals surface area contributed by atoms with E-state index >= 15 is 0 Å². The van der Waals surface area contributed by atoms with Gasteiger partial charge >= 0.3 is 0 Å². The van der Waals surface area contributed by atoms with Gasteiger partial charge in [-0.1, -0.05) is 146 Å². The molecule has 1 saturated heterocycles. The largest absolute Gasteiger partial charge is 0.470 e. The number of ether oxygens (including phenoxy) is 1. The van der Waals surface area contributed by atoms with Gasteiger partial charge in [0.1, 0.15) is 6.04 Å². The topological polar surface area (TPSA) is 21.6 Å². The lowest BCUT2D eigenvalue weighted by atomic mass is 9.68. The Hall–Kier alpha value is -3.26. The molecule has 1 fully saturated rings. The van der Waals surface area contributed by atoms with Crippen molar-refractivity contribution >= 4 is 29.1 Å². The van der Waals surface area contributed by atoms with E-state index in [1.165, 1.54) is 27.6 Å². The van der Waals surface area contributed by atoms with Crippen LogP contribution in [0.4, 0.5) is 0 Å². The summed E-state index contributed by atoms with van der Waals surface area (Å²) in [7, 11) is 0. The molecule has 6 atom stereocenters. The molecule has 0 amide bonds. The van der Waals surface area contributed by atoms with Crippen LogP contribution in [0.1, 0.15) is 54.2 Å². The Morgan fingerprint density at radius 3 is 1.85 bits per heavy atom. The monoisotopic (exact) mass is 545 g/mol. The second-order valence-electron chi connectivity index (χ2n) is 11.3. The normalized spacial score (nSPS) is 31.3. The number of nitrogens with zero attached hydrogens (tertiary/aromatic N) is 1. The van der Waals surface area contributed by atoms with Crippen LogP contribution in [0.5, 0.6) is 0 Å². The van der Waals surface area contributed by atoms with E-state index in [2.05, 4.69) is 135 Å². The van der Waals surface area contributed by atoms with Gasteiger partial charge in [0.2, 0.25) is 0 Å². The Labute approximate surface area is 236 Å². The Balaban J connectivity index is 1.42. The number of aliphatic imine (C=N–C) groups is 1. The van der Waals surface area contributed by atoms with Crippen LogP contribution in [-0.2, 0) is 16.5 Å². The van der Waals surface area contributed by atoms with Crippen LogP contribution in [0.3, 0.4) is 0 Å². The maximum Gasteiger partial charge on any atom is 0.194 e. The molecular formula is C35H32NOPS. The molecule has 4 heteroatoms. The van der Waals surface area contributed by atoms with Crippen LogP contribution in [0, 0.1) is 5.41 Å². The van der Waals surface area contributed by atoms with E-state index in [9.17, 15) is 0 Å². The van der Waals surface area contributed by atoms with Crippen molar-refractivity contribution in [2.24, 2.45) is 10.4 Å². The van der Waals surface area contributed by atoms with Gasteiger partial charge in [0.25, 0.3) is 0 Å². The van der Waals surface area contributed by atoms with Gasteiger partial charge in [0, 0.05) is 11.3 Å². The highest BCUT2D eigenvalue weighted by molar-refractivity contribution is 8.20. The van der Waals surface area contributed by atoms with Gasteiger partial charge in [-0.25, -0.2) is 4.99 Å². The van der Waals surface area contributed by atoms with Gasteiger partial charge in [0.15, 0.2) is 12.0 Å². The molecule has 7 rings (SSSR count). The summed E-state index contributed by atoms with van der Waals surface area (Å²) in [5, 5.41) is 1.41. The number of allylic oxidation sites excluding steroid dienone is 1. The first kappa shape index (κ1) is 24.8. The van der Waals surface area contributed by atoms with Crippen LogP contribution in [0.2, 0.25) is 0 Å². The lowest BCUT2D eigenvalue weighted by Crippen LogP contribution is -2.35. The zero-order chi connectivity index (χ0) is 26.6. The van der Waals surface area contributed by atoms with E-state index in [0.717, 1.165) is 17.6 Å². The summed E-state index contributed by atoms with van der Waals surface area (Å²) in [6.45, 7) is 4.77. The molecule has 194 valence electrons. The average molecular weight is 546 g/mol. The summed E-state index contributed by atoms with van der Waals surface area (Å²) >= 11 is 6.90. The number of hydrogen-bond acceptors (Lipinski definition) is 3. The lowest BCUT2D eigenvalue weighted by Gasteiger charge is -2.40. The molecule has 3 heterocycles. The second-order valence-corrected chi connectivity index (χ2v) is 16.2. The maximum absolute atomic E-state index is 7.02. The van der Waals surface area contributed by atoms with Gasteiger partial charge < -0.3 is 4.74 Å². The molecule has 2 nitrogen and oxygen atoms in total. The average Bonchev–Trinajstić information content (AvgIpc) is 3.58. The van der Waals surface area contributed by atoms with Gasteiger partial charge in [-0.3, -0.25) is 0 Å². The summed E-state index contributed by atoms with van der Waals surface area (Å²) in [6.07, 6.45) is 0.851. The van der Waals surface area contributed by atoms with Crippen LogP contribution < -0.4 is 0 Å². The SMILES string of the molecule is CC1=C(c2ccccc2)[P@]2(=S)C[C@]1(C)[C@@H](c1ccccc1)[C@H]2C1=N[C@@H](c2ccccc2)[C@H](c2ccccc2)O1. The molecule has 39 heavy (non-hydrogen) atoms. The Bertz CT molecular complexity index is 1620. The molecule has 4 aromatic rings. The maximum atomic E-state index is 7.02. The summed E-state index contributed by atoms with van der Waals surface area (Å²) in [5.41, 5.74) is 6.44. The van der Waals surface area contributed by atoms with E-state index in [1.807, 2.05) is 0 Å². The fraction of sp³-hybridized carbons (Fsp3) is 0.229. The molecular weight excluding hydrogens is 513 g/mol. The minimum absolute atomic E-state index is 0.0360. The molecule has 0 unspecified atom stereocenters. The summed E-state index contributed by atoms with van der Waals surface area (Å²) in [6, 6.07) is 40.8. The third-order valence-electron chi connectivity index (χ3n) is 9.13. The number of fused-ring (bicyclic) bond motifs is 2. The van der Waals surface area contributed by atoms with E-state index in [4.69, 9.17) is 21.5 Å². The van der Waals surface area contributed by atoms with E-state index < -0.39 is 6.04 Å². The van der Waals surface area contributed by atoms with Crippen molar-refractivity contribution < 1.29 is 4.74 Å². The second kappa shape index (κ2) is 9.44. The van der Waals surface area contributed by atoms with E-state index in [-0.39, 0.29) is 29.1 Å². The lowest BCUT2D eigenvalue weighted by molar-refractivity contribution is 0.189. The number of benzene rings is 4. The number of rotatable bonds is 5. The molecule has 0 N–H and O–H groups in total. The van der Waals surface area contributed by atoms with Crippen molar-refractivity contribution in [2.75, 3.05) is 6.16 Å². The van der Waals surface area contributed by atoms with Gasteiger partial charge in [-0.15, -0.1) is 0 Å².